The molecule has 1 N–H and O–H groups in total. The molecule has 1 unspecified atom stereocenters. The molecule has 1 fully saturated rings. The van der Waals surface area contributed by atoms with E-state index < -0.39 is 6.10 Å². The maximum atomic E-state index is 10.2. The van der Waals surface area contributed by atoms with Crippen LogP contribution in [0, 0.1) is 6.92 Å². The largest absolute Gasteiger partial charge is 0.491 e. The molecular weight excluding hydrogens is 419 g/mol. The van der Waals surface area contributed by atoms with Crippen molar-refractivity contribution in [1.82, 2.24) is 4.90 Å². The first-order valence-corrected chi connectivity index (χ1v) is 9.59. The molecule has 1 saturated heterocycles. The predicted molar refractivity (Wildman–Crippen MR) is 122 cm³/mol. The van der Waals surface area contributed by atoms with Crippen molar-refractivity contribution in [1.29, 1.82) is 0 Å². The Kier molecular flexibility index (Phi) is 11.0. The third kappa shape index (κ3) is 7.34. The number of piperazine rings is 1. The first-order chi connectivity index (χ1) is 12.6. The number of ether oxygens (including phenoxy) is 1. The van der Waals surface area contributed by atoms with Crippen molar-refractivity contribution in [2.45, 2.75) is 19.4 Å². The molecule has 0 aliphatic carbocycles. The number of para-hydroxylation sites is 1. The molecule has 2 aromatic carbocycles. The summed E-state index contributed by atoms with van der Waals surface area (Å²) in [6.45, 7) is 7.28. The number of halogens is 3. The van der Waals surface area contributed by atoms with Crippen LogP contribution < -0.4 is 9.64 Å². The van der Waals surface area contributed by atoms with Crippen LogP contribution in [0.1, 0.15) is 12.0 Å². The Morgan fingerprint density at radius 2 is 1.71 bits per heavy atom. The molecule has 1 heterocycles. The standard InChI is InChI=1S/C21H27ClN2O2.2ClH/c1-17-15-18(22)7-8-21(17)26-16-20(25)9-10-23-11-13-24(14-12-23)19-5-3-2-4-6-19;;/h2-8,15,20,25H,9-14,16H2,1H3;2*1H. The molecule has 0 radical (unpaired) electrons. The average molecular weight is 448 g/mol. The summed E-state index contributed by atoms with van der Waals surface area (Å²) in [4.78, 5) is 4.83. The molecular formula is C21H29Cl3N2O2. The van der Waals surface area contributed by atoms with Gasteiger partial charge in [0.2, 0.25) is 0 Å². The highest BCUT2D eigenvalue weighted by Gasteiger charge is 2.18. The van der Waals surface area contributed by atoms with E-state index in [9.17, 15) is 5.11 Å². The lowest BCUT2D eigenvalue weighted by Crippen LogP contribution is -2.47. The van der Waals surface area contributed by atoms with Crippen LogP contribution in [0.3, 0.4) is 0 Å². The maximum absolute atomic E-state index is 10.2. The van der Waals surface area contributed by atoms with Gasteiger partial charge in [0.15, 0.2) is 0 Å². The number of benzene rings is 2. The van der Waals surface area contributed by atoms with Crippen LogP contribution in [0.2, 0.25) is 5.02 Å². The van der Waals surface area contributed by atoms with E-state index >= 15 is 0 Å². The number of hydrogen-bond donors (Lipinski definition) is 1. The second-order valence-corrected chi connectivity index (χ2v) is 7.26. The third-order valence-electron chi connectivity index (χ3n) is 4.84. The van der Waals surface area contributed by atoms with E-state index in [1.54, 1.807) is 0 Å². The molecule has 156 valence electrons. The van der Waals surface area contributed by atoms with Crippen LogP contribution in [0.15, 0.2) is 48.5 Å². The summed E-state index contributed by atoms with van der Waals surface area (Å²) >= 11 is 5.95. The molecule has 0 spiro atoms. The van der Waals surface area contributed by atoms with E-state index in [0.717, 1.165) is 50.5 Å². The molecule has 1 atom stereocenters. The van der Waals surface area contributed by atoms with Crippen molar-refractivity contribution in [3.63, 3.8) is 0 Å². The normalized spacial score (nSPS) is 15.3. The Labute approximate surface area is 185 Å². The van der Waals surface area contributed by atoms with Gasteiger partial charge < -0.3 is 14.7 Å². The molecule has 28 heavy (non-hydrogen) atoms. The Morgan fingerprint density at radius 1 is 1.04 bits per heavy atom. The van der Waals surface area contributed by atoms with Crippen LogP contribution in [0.5, 0.6) is 5.75 Å². The summed E-state index contributed by atoms with van der Waals surface area (Å²) in [5.41, 5.74) is 2.28. The lowest BCUT2D eigenvalue weighted by atomic mass is 10.2. The van der Waals surface area contributed by atoms with Gasteiger partial charge in [0.05, 0.1) is 6.10 Å². The first-order valence-electron chi connectivity index (χ1n) is 9.21. The minimum Gasteiger partial charge on any atom is -0.491 e. The molecule has 0 aromatic heterocycles. The molecule has 0 bridgehead atoms. The lowest BCUT2D eigenvalue weighted by molar-refractivity contribution is 0.0863. The smallest absolute Gasteiger partial charge is 0.122 e. The van der Waals surface area contributed by atoms with Gasteiger partial charge in [0.25, 0.3) is 0 Å². The van der Waals surface area contributed by atoms with Crippen LogP contribution in [0.25, 0.3) is 0 Å². The Balaban J connectivity index is 0.00000196. The second kappa shape index (κ2) is 12.4. The Bertz CT molecular complexity index is 695. The Hall–Kier alpha value is -1.17. The number of hydrogen-bond acceptors (Lipinski definition) is 4. The fourth-order valence-corrected chi connectivity index (χ4v) is 3.47. The molecule has 0 amide bonds. The van der Waals surface area contributed by atoms with Gasteiger partial charge in [-0.15, -0.1) is 24.8 Å². The number of anilines is 1. The maximum Gasteiger partial charge on any atom is 0.122 e. The van der Waals surface area contributed by atoms with Gasteiger partial charge in [-0.2, -0.15) is 0 Å². The van der Waals surface area contributed by atoms with E-state index in [1.807, 2.05) is 25.1 Å². The summed E-state index contributed by atoms with van der Waals surface area (Å²) < 4.78 is 5.73. The van der Waals surface area contributed by atoms with Crippen LogP contribution in [-0.4, -0.2) is 55.4 Å². The van der Waals surface area contributed by atoms with Gasteiger partial charge in [-0.3, -0.25) is 4.90 Å². The minimum atomic E-state index is -0.461. The number of aryl methyl sites for hydroxylation is 1. The zero-order valence-electron chi connectivity index (χ0n) is 16.1. The quantitative estimate of drug-likeness (QED) is 0.680. The summed E-state index contributed by atoms with van der Waals surface area (Å²) in [6, 6.07) is 16.1. The SMILES string of the molecule is Cc1cc(Cl)ccc1OCC(O)CCN1CCN(c2ccccc2)CC1.Cl.Cl. The number of rotatable bonds is 7. The van der Waals surface area contributed by atoms with Crippen molar-refractivity contribution in [3.05, 3.63) is 59.1 Å². The van der Waals surface area contributed by atoms with Gasteiger partial charge in [-0.25, -0.2) is 0 Å². The number of nitrogens with zero attached hydrogens (tertiary/aromatic N) is 2. The van der Waals surface area contributed by atoms with Gasteiger partial charge in [0.1, 0.15) is 12.4 Å². The highest BCUT2D eigenvalue weighted by molar-refractivity contribution is 6.30. The van der Waals surface area contributed by atoms with Gasteiger partial charge >= 0.3 is 0 Å². The summed E-state index contributed by atoms with van der Waals surface area (Å²) in [7, 11) is 0. The van der Waals surface area contributed by atoms with Crippen LogP contribution in [0.4, 0.5) is 5.69 Å². The predicted octanol–water partition coefficient (Wildman–Crippen LogP) is 4.44. The lowest BCUT2D eigenvalue weighted by Gasteiger charge is -2.36. The van der Waals surface area contributed by atoms with Gasteiger partial charge in [-0.1, -0.05) is 29.8 Å². The van der Waals surface area contributed by atoms with Gasteiger partial charge in [-0.05, 0) is 49.2 Å². The van der Waals surface area contributed by atoms with Crippen molar-refractivity contribution >= 4 is 42.1 Å². The van der Waals surface area contributed by atoms with Crippen LogP contribution in [-0.2, 0) is 0 Å². The third-order valence-corrected chi connectivity index (χ3v) is 5.08. The van der Waals surface area contributed by atoms with Crippen molar-refractivity contribution in [2.75, 3.05) is 44.2 Å². The zero-order valence-corrected chi connectivity index (χ0v) is 18.5. The number of aliphatic hydroxyl groups is 1. The Morgan fingerprint density at radius 3 is 2.36 bits per heavy atom. The molecule has 0 saturated carbocycles. The first kappa shape index (κ1) is 24.9. The summed E-state index contributed by atoms with van der Waals surface area (Å²) in [5, 5.41) is 10.9. The van der Waals surface area contributed by atoms with Crippen molar-refractivity contribution in [3.8, 4) is 5.75 Å². The van der Waals surface area contributed by atoms with E-state index in [2.05, 4.69) is 40.1 Å². The highest BCUT2D eigenvalue weighted by Crippen LogP contribution is 2.22. The minimum absolute atomic E-state index is 0. The van der Waals surface area contributed by atoms with E-state index in [0.29, 0.717) is 11.6 Å². The van der Waals surface area contributed by atoms with Crippen molar-refractivity contribution < 1.29 is 9.84 Å². The molecule has 4 nitrogen and oxygen atoms in total. The monoisotopic (exact) mass is 446 g/mol. The summed E-state index contributed by atoms with van der Waals surface area (Å²) in [6.07, 6.45) is 0.259. The second-order valence-electron chi connectivity index (χ2n) is 6.83. The molecule has 1 aliphatic rings. The highest BCUT2D eigenvalue weighted by atomic mass is 35.5. The summed E-state index contributed by atoms with van der Waals surface area (Å²) in [5.74, 6) is 0.782. The van der Waals surface area contributed by atoms with E-state index in [-0.39, 0.29) is 24.8 Å². The molecule has 1 aliphatic heterocycles. The van der Waals surface area contributed by atoms with Crippen molar-refractivity contribution in [2.24, 2.45) is 0 Å². The van der Waals surface area contributed by atoms with Crippen LogP contribution >= 0.6 is 36.4 Å². The van der Waals surface area contributed by atoms with E-state index in [1.165, 1.54) is 5.69 Å². The molecule has 3 rings (SSSR count). The van der Waals surface area contributed by atoms with E-state index in [4.69, 9.17) is 16.3 Å². The average Bonchev–Trinajstić information content (AvgIpc) is 2.67. The topological polar surface area (TPSA) is 35.9 Å². The fourth-order valence-electron chi connectivity index (χ4n) is 3.24. The molecule has 7 heteroatoms. The fraction of sp³-hybridized carbons (Fsp3) is 0.429. The zero-order chi connectivity index (χ0) is 18.4. The molecule has 2 aromatic rings. The number of aliphatic hydroxyl groups excluding tert-OH is 1. The van der Waals surface area contributed by atoms with Gasteiger partial charge in [0, 0.05) is 43.4 Å².